The Kier molecular flexibility index (Phi) is 5.29. The number of carbonyl (C=O) groups is 2. The summed E-state index contributed by atoms with van der Waals surface area (Å²) in [5.41, 5.74) is 0.666. The molecule has 0 aromatic heterocycles. The van der Waals surface area contributed by atoms with Gasteiger partial charge in [0.25, 0.3) is 0 Å². The molecule has 0 radical (unpaired) electrons. The zero-order valence-electron chi connectivity index (χ0n) is 13.8. The van der Waals surface area contributed by atoms with Crippen molar-refractivity contribution < 1.29 is 14.3 Å². The van der Waals surface area contributed by atoms with Gasteiger partial charge >= 0.3 is 0 Å². The zero-order chi connectivity index (χ0) is 17.1. The lowest BCUT2D eigenvalue weighted by Gasteiger charge is -2.27. The van der Waals surface area contributed by atoms with Gasteiger partial charge in [-0.1, -0.05) is 11.6 Å². The summed E-state index contributed by atoms with van der Waals surface area (Å²) >= 11 is 6.08. The summed E-state index contributed by atoms with van der Waals surface area (Å²) in [5.74, 6) is 0.758. The van der Waals surface area contributed by atoms with Crippen molar-refractivity contribution in [2.75, 3.05) is 12.4 Å². The minimum atomic E-state index is -0.0455. The van der Waals surface area contributed by atoms with Crippen LogP contribution in [-0.2, 0) is 9.59 Å². The molecule has 5 nitrogen and oxygen atoms in total. The van der Waals surface area contributed by atoms with Crippen molar-refractivity contribution in [3.8, 4) is 5.75 Å². The second-order valence-electron chi connectivity index (χ2n) is 6.67. The van der Waals surface area contributed by atoms with E-state index in [1.807, 2.05) is 0 Å². The first-order valence-electron chi connectivity index (χ1n) is 8.51. The van der Waals surface area contributed by atoms with Crippen molar-refractivity contribution in [1.29, 1.82) is 0 Å². The van der Waals surface area contributed by atoms with E-state index in [-0.39, 0.29) is 23.7 Å². The topological polar surface area (TPSA) is 67.4 Å². The molecule has 2 aliphatic rings. The number of anilines is 1. The number of rotatable bonds is 5. The molecule has 0 spiro atoms. The van der Waals surface area contributed by atoms with Crippen molar-refractivity contribution in [3.05, 3.63) is 23.2 Å². The first kappa shape index (κ1) is 17.1. The Balaban J connectivity index is 1.49. The number of hydrogen-bond acceptors (Lipinski definition) is 3. The molecule has 6 heteroatoms. The molecule has 2 aliphatic carbocycles. The lowest BCUT2D eigenvalue weighted by atomic mass is 9.81. The molecular weight excluding hydrogens is 328 g/mol. The summed E-state index contributed by atoms with van der Waals surface area (Å²) in [5, 5.41) is 6.44. The third-order valence-corrected chi connectivity index (χ3v) is 5.11. The Bertz CT molecular complexity index is 623. The van der Waals surface area contributed by atoms with Gasteiger partial charge in [0.1, 0.15) is 5.75 Å². The summed E-state index contributed by atoms with van der Waals surface area (Å²) in [6, 6.07) is 5.60. The number of carbonyl (C=O) groups excluding carboxylic acids is 2. The van der Waals surface area contributed by atoms with Crippen LogP contribution in [-0.4, -0.2) is 25.0 Å². The molecule has 2 N–H and O–H groups in total. The number of methoxy groups -OCH3 is 1. The molecule has 24 heavy (non-hydrogen) atoms. The quantitative estimate of drug-likeness (QED) is 0.855. The summed E-state index contributed by atoms with van der Waals surface area (Å²) < 4.78 is 5.10. The van der Waals surface area contributed by atoms with Crippen molar-refractivity contribution in [1.82, 2.24) is 5.32 Å². The fourth-order valence-electron chi connectivity index (χ4n) is 3.15. The molecule has 0 bridgehead atoms. The second-order valence-corrected chi connectivity index (χ2v) is 7.08. The fraction of sp³-hybridized carbons (Fsp3) is 0.556. The van der Waals surface area contributed by atoms with Crippen LogP contribution in [0, 0.1) is 11.8 Å². The van der Waals surface area contributed by atoms with Gasteiger partial charge in [-0.2, -0.15) is 0 Å². The Morgan fingerprint density at radius 3 is 2.21 bits per heavy atom. The third-order valence-electron chi connectivity index (χ3n) is 4.81. The van der Waals surface area contributed by atoms with Gasteiger partial charge in [0.05, 0.1) is 12.1 Å². The van der Waals surface area contributed by atoms with E-state index in [1.54, 1.807) is 25.3 Å². The van der Waals surface area contributed by atoms with E-state index in [4.69, 9.17) is 16.3 Å². The molecular formula is C18H23ClN2O3. The highest BCUT2D eigenvalue weighted by Crippen LogP contribution is 2.32. The average molecular weight is 351 g/mol. The predicted octanol–water partition coefficient (Wildman–Crippen LogP) is 3.37. The van der Waals surface area contributed by atoms with Crippen molar-refractivity contribution in [2.24, 2.45) is 11.8 Å². The number of hydrogen-bond donors (Lipinski definition) is 2. The number of ether oxygens (including phenoxy) is 1. The van der Waals surface area contributed by atoms with Gasteiger partial charge < -0.3 is 15.4 Å². The minimum Gasteiger partial charge on any atom is -0.495 e. The Hall–Kier alpha value is -1.75. The number of nitrogens with one attached hydrogen (secondary N) is 2. The van der Waals surface area contributed by atoms with Crippen molar-refractivity contribution in [2.45, 2.75) is 44.6 Å². The van der Waals surface area contributed by atoms with Gasteiger partial charge in [0, 0.05) is 23.6 Å². The van der Waals surface area contributed by atoms with Crippen LogP contribution >= 0.6 is 11.6 Å². The normalized spacial score (nSPS) is 23.4. The Morgan fingerprint density at radius 2 is 1.67 bits per heavy atom. The smallest absolute Gasteiger partial charge is 0.227 e. The highest BCUT2D eigenvalue weighted by molar-refractivity contribution is 6.32. The maximum Gasteiger partial charge on any atom is 0.227 e. The zero-order valence-corrected chi connectivity index (χ0v) is 14.6. The van der Waals surface area contributed by atoms with Crippen LogP contribution in [0.2, 0.25) is 5.02 Å². The lowest BCUT2D eigenvalue weighted by molar-refractivity contribution is -0.128. The molecule has 3 rings (SSSR count). The van der Waals surface area contributed by atoms with Crippen LogP contribution in [0.25, 0.3) is 0 Å². The molecule has 2 saturated carbocycles. The summed E-state index contributed by atoms with van der Waals surface area (Å²) in [7, 11) is 1.55. The molecule has 2 fully saturated rings. The van der Waals surface area contributed by atoms with Crippen LogP contribution in [0.4, 0.5) is 5.69 Å². The number of amides is 2. The van der Waals surface area contributed by atoms with Gasteiger partial charge in [-0.3, -0.25) is 9.59 Å². The van der Waals surface area contributed by atoms with Crippen molar-refractivity contribution >= 4 is 29.1 Å². The highest BCUT2D eigenvalue weighted by Gasteiger charge is 2.32. The van der Waals surface area contributed by atoms with Gasteiger partial charge in [-0.25, -0.2) is 0 Å². The van der Waals surface area contributed by atoms with Crippen LogP contribution in [0.15, 0.2) is 18.2 Å². The van der Waals surface area contributed by atoms with E-state index in [0.29, 0.717) is 22.5 Å². The van der Waals surface area contributed by atoms with Gasteiger partial charge in [0.2, 0.25) is 11.8 Å². The van der Waals surface area contributed by atoms with E-state index in [0.717, 1.165) is 38.5 Å². The monoisotopic (exact) mass is 350 g/mol. The first-order chi connectivity index (χ1) is 11.6. The molecule has 1 aromatic rings. The Morgan fingerprint density at radius 1 is 1.04 bits per heavy atom. The Labute approximate surface area is 147 Å². The molecule has 0 aliphatic heterocycles. The van der Waals surface area contributed by atoms with E-state index in [9.17, 15) is 9.59 Å². The second kappa shape index (κ2) is 7.43. The summed E-state index contributed by atoms with van der Waals surface area (Å²) in [6.07, 6.45) is 5.26. The van der Waals surface area contributed by atoms with Gasteiger partial charge in [-0.15, -0.1) is 0 Å². The molecule has 1 aromatic carbocycles. The molecule has 0 saturated heterocycles. The van der Waals surface area contributed by atoms with Gasteiger partial charge in [-0.05, 0) is 56.7 Å². The summed E-state index contributed by atoms with van der Waals surface area (Å²) in [4.78, 5) is 24.5. The van der Waals surface area contributed by atoms with E-state index < -0.39 is 0 Å². The van der Waals surface area contributed by atoms with Crippen LogP contribution < -0.4 is 15.4 Å². The number of halogens is 1. The van der Waals surface area contributed by atoms with E-state index in [2.05, 4.69) is 10.6 Å². The van der Waals surface area contributed by atoms with Crippen LogP contribution in [0.5, 0.6) is 5.75 Å². The average Bonchev–Trinajstić information content (AvgIpc) is 3.39. The molecule has 0 atom stereocenters. The predicted molar refractivity (Wildman–Crippen MR) is 93.2 cm³/mol. The van der Waals surface area contributed by atoms with Crippen molar-refractivity contribution in [3.63, 3.8) is 0 Å². The maximum absolute atomic E-state index is 12.4. The molecule has 2 amide bonds. The molecule has 0 unspecified atom stereocenters. The van der Waals surface area contributed by atoms with E-state index >= 15 is 0 Å². The SMILES string of the molecule is COc1ccc(NC(=O)C2CCC(C(=O)NC3CC3)CC2)cc1Cl. The van der Waals surface area contributed by atoms with Crippen LogP contribution in [0.1, 0.15) is 38.5 Å². The third kappa shape index (κ3) is 4.20. The molecule has 0 heterocycles. The molecule has 130 valence electrons. The van der Waals surface area contributed by atoms with Gasteiger partial charge in [0.15, 0.2) is 0 Å². The maximum atomic E-state index is 12.4. The number of benzene rings is 1. The summed E-state index contributed by atoms with van der Waals surface area (Å²) in [6.45, 7) is 0. The standard InChI is InChI=1S/C18H23ClN2O3/c1-24-16-9-8-14(10-15(16)19)21-18(23)12-4-2-11(3-5-12)17(22)20-13-6-7-13/h8-13H,2-7H2,1H3,(H,20,22)(H,21,23). The minimum absolute atomic E-state index is 0.00251. The largest absolute Gasteiger partial charge is 0.495 e. The first-order valence-corrected chi connectivity index (χ1v) is 8.89. The fourth-order valence-corrected chi connectivity index (χ4v) is 3.41. The van der Waals surface area contributed by atoms with E-state index in [1.165, 1.54) is 0 Å². The van der Waals surface area contributed by atoms with Crippen LogP contribution in [0.3, 0.4) is 0 Å². The lowest BCUT2D eigenvalue weighted by Crippen LogP contribution is -2.36. The highest BCUT2D eigenvalue weighted by atomic mass is 35.5.